The number of para-hydroxylation sites is 1. The molecule has 1 aromatic heterocycles. The Morgan fingerprint density at radius 2 is 2.20 bits per heavy atom. The highest BCUT2D eigenvalue weighted by molar-refractivity contribution is 5.95. The number of nitrogens with one attached hydrogen (secondary N) is 2. The Labute approximate surface area is 115 Å². The van der Waals surface area contributed by atoms with Crippen LogP contribution in [0.4, 0.5) is 0 Å². The molecule has 0 bridgehead atoms. The predicted octanol–water partition coefficient (Wildman–Crippen LogP) is -0.117. The molecule has 6 heteroatoms. The number of nitrogens with zero attached hydrogens (tertiary/aromatic N) is 2. The van der Waals surface area contributed by atoms with E-state index < -0.39 is 5.91 Å². The maximum absolute atomic E-state index is 12.3. The number of benzene rings is 1. The van der Waals surface area contributed by atoms with Gasteiger partial charge in [-0.05, 0) is 12.1 Å². The van der Waals surface area contributed by atoms with Gasteiger partial charge in [0.1, 0.15) is 0 Å². The molecule has 0 aliphatic carbocycles. The molecule has 1 aliphatic heterocycles. The van der Waals surface area contributed by atoms with Gasteiger partial charge in [0.25, 0.3) is 5.91 Å². The molecule has 0 unspecified atom stereocenters. The number of hydrogen-bond donors (Lipinski definition) is 2. The maximum atomic E-state index is 12.3. The fourth-order valence-electron chi connectivity index (χ4n) is 2.29. The third-order valence-electron chi connectivity index (χ3n) is 3.59. The van der Waals surface area contributed by atoms with Gasteiger partial charge in [-0.2, -0.15) is 5.10 Å². The number of aromatic nitrogens is 2. The Morgan fingerprint density at radius 3 is 2.90 bits per heavy atom. The van der Waals surface area contributed by atoms with Gasteiger partial charge in [0.2, 0.25) is 5.43 Å². The minimum Gasteiger partial charge on any atom is -0.350 e. The molecule has 1 aromatic carbocycles. The number of amides is 1. The van der Waals surface area contributed by atoms with E-state index in [2.05, 4.69) is 15.7 Å². The molecule has 2 heterocycles. The zero-order valence-corrected chi connectivity index (χ0v) is 11.2. The molecule has 20 heavy (non-hydrogen) atoms. The first kappa shape index (κ1) is 12.8. The van der Waals surface area contributed by atoms with Gasteiger partial charge in [0.05, 0.1) is 5.52 Å². The second-order valence-electron chi connectivity index (χ2n) is 5.05. The zero-order valence-electron chi connectivity index (χ0n) is 11.2. The molecule has 0 spiro atoms. The Kier molecular flexibility index (Phi) is 3.23. The molecular formula is C14H16N4O2. The lowest BCUT2D eigenvalue weighted by Crippen LogP contribution is -2.48. The van der Waals surface area contributed by atoms with Crippen molar-refractivity contribution < 1.29 is 4.79 Å². The van der Waals surface area contributed by atoms with E-state index in [0.29, 0.717) is 17.8 Å². The summed E-state index contributed by atoms with van der Waals surface area (Å²) >= 11 is 0. The van der Waals surface area contributed by atoms with E-state index in [1.54, 1.807) is 23.9 Å². The smallest absolute Gasteiger partial charge is 0.275 e. The van der Waals surface area contributed by atoms with Crippen molar-refractivity contribution in [1.82, 2.24) is 20.4 Å². The SMILES string of the molecule is Cn1nc(C(=O)NCC2CNC2)c(=O)c2ccccc21. The van der Waals surface area contributed by atoms with Gasteiger partial charge in [-0.15, -0.1) is 0 Å². The standard InChI is InChI=1S/C14H16N4O2/c1-18-11-5-3-2-4-10(11)13(19)12(17-18)14(20)16-8-9-6-15-7-9/h2-5,9,15H,6-8H2,1H3,(H,16,20). The number of hydrogen-bond acceptors (Lipinski definition) is 4. The van der Waals surface area contributed by atoms with Crippen LogP contribution in [-0.4, -0.2) is 35.3 Å². The first-order valence-corrected chi connectivity index (χ1v) is 6.62. The Balaban J connectivity index is 1.92. The number of rotatable bonds is 3. The monoisotopic (exact) mass is 272 g/mol. The molecule has 3 rings (SSSR count). The fraction of sp³-hybridized carbons (Fsp3) is 0.357. The van der Waals surface area contributed by atoms with Crippen molar-refractivity contribution in [3.05, 3.63) is 40.2 Å². The summed E-state index contributed by atoms with van der Waals surface area (Å²) in [5.74, 6) is 0.0477. The van der Waals surface area contributed by atoms with E-state index in [1.807, 2.05) is 12.1 Å². The van der Waals surface area contributed by atoms with Gasteiger partial charge < -0.3 is 10.6 Å². The largest absolute Gasteiger partial charge is 0.350 e. The van der Waals surface area contributed by atoms with Crippen molar-refractivity contribution >= 4 is 16.8 Å². The first-order valence-electron chi connectivity index (χ1n) is 6.62. The number of aryl methyl sites for hydroxylation is 1. The lowest BCUT2D eigenvalue weighted by atomic mass is 10.0. The normalized spacial score (nSPS) is 15.1. The van der Waals surface area contributed by atoms with Crippen LogP contribution in [0.25, 0.3) is 10.9 Å². The number of fused-ring (bicyclic) bond motifs is 1. The summed E-state index contributed by atoms with van der Waals surface area (Å²) in [6.07, 6.45) is 0. The van der Waals surface area contributed by atoms with E-state index in [1.165, 1.54) is 0 Å². The van der Waals surface area contributed by atoms with Gasteiger partial charge in [-0.25, -0.2) is 0 Å². The molecule has 104 valence electrons. The zero-order chi connectivity index (χ0) is 14.1. The number of carbonyl (C=O) groups is 1. The van der Waals surface area contributed by atoms with Crippen LogP contribution in [0.2, 0.25) is 0 Å². The van der Waals surface area contributed by atoms with E-state index in [9.17, 15) is 9.59 Å². The quantitative estimate of drug-likeness (QED) is 0.817. The van der Waals surface area contributed by atoms with Crippen LogP contribution in [0, 0.1) is 5.92 Å². The lowest BCUT2D eigenvalue weighted by molar-refractivity contribution is 0.0934. The topological polar surface area (TPSA) is 76.0 Å². The van der Waals surface area contributed by atoms with Gasteiger partial charge in [0.15, 0.2) is 5.69 Å². The summed E-state index contributed by atoms with van der Waals surface area (Å²) in [7, 11) is 1.73. The average molecular weight is 272 g/mol. The van der Waals surface area contributed by atoms with Crippen molar-refractivity contribution in [3.63, 3.8) is 0 Å². The van der Waals surface area contributed by atoms with Gasteiger partial charge in [0, 0.05) is 38.0 Å². The third-order valence-corrected chi connectivity index (χ3v) is 3.59. The molecule has 0 radical (unpaired) electrons. The van der Waals surface area contributed by atoms with Crippen molar-refractivity contribution in [2.75, 3.05) is 19.6 Å². The summed E-state index contributed by atoms with van der Waals surface area (Å²) in [6, 6.07) is 7.15. The minimum atomic E-state index is -0.400. The van der Waals surface area contributed by atoms with E-state index in [4.69, 9.17) is 0 Å². The third kappa shape index (κ3) is 2.18. The molecule has 1 amide bonds. The van der Waals surface area contributed by atoms with Crippen LogP contribution in [-0.2, 0) is 7.05 Å². The van der Waals surface area contributed by atoms with Crippen molar-refractivity contribution in [2.24, 2.45) is 13.0 Å². The Bertz CT molecular complexity index is 719. The first-order chi connectivity index (χ1) is 9.66. The summed E-state index contributed by atoms with van der Waals surface area (Å²) in [6.45, 7) is 2.39. The highest BCUT2D eigenvalue weighted by atomic mass is 16.2. The summed E-state index contributed by atoms with van der Waals surface area (Å²) in [5.41, 5.74) is 0.360. The average Bonchev–Trinajstić information content (AvgIpc) is 2.41. The van der Waals surface area contributed by atoms with Crippen LogP contribution in [0.5, 0.6) is 0 Å². The molecule has 6 nitrogen and oxygen atoms in total. The predicted molar refractivity (Wildman–Crippen MR) is 75.7 cm³/mol. The molecule has 0 saturated carbocycles. The molecule has 1 aliphatic rings. The molecular weight excluding hydrogens is 256 g/mol. The highest BCUT2D eigenvalue weighted by Gasteiger charge is 2.20. The fourth-order valence-corrected chi connectivity index (χ4v) is 2.29. The molecule has 1 fully saturated rings. The van der Waals surface area contributed by atoms with Crippen molar-refractivity contribution in [1.29, 1.82) is 0 Å². The van der Waals surface area contributed by atoms with Crippen LogP contribution in [0.15, 0.2) is 29.1 Å². The van der Waals surface area contributed by atoms with E-state index in [-0.39, 0.29) is 11.1 Å². The maximum Gasteiger partial charge on any atom is 0.275 e. The Hall–Kier alpha value is -2.21. The van der Waals surface area contributed by atoms with Gasteiger partial charge in [-0.3, -0.25) is 14.3 Å². The molecule has 1 saturated heterocycles. The summed E-state index contributed by atoms with van der Waals surface area (Å²) < 4.78 is 1.57. The molecule has 0 atom stereocenters. The van der Waals surface area contributed by atoms with Crippen LogP contribution in [0.3, 0.4) is 0 Å². The highest BCUT2D eigenvalue weighted by Crippen LogP contribution is 2.08. The van der Waals surface area contributed by atoms with Crippen LogP contribution in [0.1, 0.15) is 10.5 Å². The van der Waals surface area contributed by atoms with E-state index in [0.717, 1.165) is 18.6 Å². The van der Waals surface area contributed by atoms with Crippen LogP contribution < -0.4 is 16.1 Å². The lowest BCUT2D eigenvalue weighted by Gasteiger charge is -2.26. The van der Waals surface area contributed by atoms with Gasteiger partial charge in [-0.1, -0.05) is 12.1 Å². The second-order valence-corrected chi connectivity index (χ2v) is 5.05. The number of carbonyl (C=O) groups excluding carboxylic acids is 1. The van der Waals surface area contributed by atoms with E-state index >= 15 is 0 Å². The minimum absolute atomic E-state index is 0.0431. The van der Waals surface area contributed by atoms with Gasteiger partial charge >= 0.3 is 0 Å². The molecule has 2 aromatic rings. The Morgan fingerprint density at radius 1 is 1.45 bits per heavy atom. The van der Waals surface area contributed by atoms with Crippen molar-refractivity contribution in [3.8, 4) is 0 Å². The van der Waals surface area contributed by atoms with Crippen molar-refractivity contribution in [2.45, 2.75) is 0 Å². The summed E-state index contributed by atoms with van der Waals surface area (Å²) in [5, 5.41) is 10.5. The summed E-state index contributed by atoms with van der Waals surface area (Å²) in [4.78, 5) is 24.4. The van der Waals surface area contributed by atoms with Crippen LogP contribution >= 0.6 is 0 Å². The second kappa shape index (κ2) is 5.05. The molecule has 2 N–H and O–H groups in total.